The van der Waals surface area contributed by atoms with E-state index in [0.717, 1.165) is 24.1 Å². The maximum absolute atomic E-state index is 14.1. The average molecular weight is 517 g/mol. The van der Waals surface area contributed by atoms with E-state index in [2.05, 4.69) is 10.6 Å². The van der Waals surface area contributed by atoms with Gasteiger partial charge in [-0.2, -0.15) is 0 Å². The van der Waals surface area contributed by atoms with Crippen LogP contribution in [0.2, 0.25) is 0 Å². The summed E-state index contributed by atoms with van der Waals surface area (Å²) in [4.78, 5) is 41.2. The van der Waals surface area contributed by atoms with Gasteiger partial charge in [0.15, 0.2) is 0 Å². The number of hydrogen-bond acceptors (Lipinski definition) is 5. The lowest BCUT2D eigenvalue weighted by atomic mass is 9.94. The van der Waals surface area contributed by atoms with Crippen LogP contribution in [-0.4, -0.2) is 52.4 Å². The zero-order chi connectivity index (χ0) is 25.4. The summed E-state index contributed by atoms with van der Waals surface area (Å²) in [5.41, 5.74) is 7.46. The number of benzene rings is 2. The fourth-order valence-corrected chi connectivity index (χ4v) is 4.51. The highest BCUT2D eigenvalue weighted by molar-refractivity contribution is 5.93. The second-order valence-corrected chi connectivity index (χ2v) is 9.27. The molecule has 1 heterocycles. The third-order valence-electron chi connectivity index (χ3n) is 6.66. The molecule has 8 nitrogen and oxygen atoms in total. The Bertz CT molecular complexity index is 997. The molecule has 4 atom stereocenters. The third-order valence-corrected chi connectivity index (χ3v) is 6.66. The molecule has 1 saturated heterocycles. The zero-order valence-corrected chi connectivity index (χ0v) is 21.7. The van der Waals surface area contributed by atoms with Gasteiger partial charge in [-0.1, -0.05) is 62.7 Å². The lowest BCUT2D eigenvalue weighted by Crippen LogP contribution is -2.58. The summed E-state index contributed by atoms with van der Waals surface area (Å²) >= 11 is 0. The van der Waals surface area contributed by atoms with Crippen LogP contribution in [0.3, 0.4) is 0 Å². The lowest BCUT2D eigenvalue weighted by Gasteiger charge is -2.36. The van der Waals surface area contributed by atoms with E-state index in [9.17, 15) is 19.5 Å². The zero-order valence-electron chi connectivity index (χ0n) is 20.9. The number of halogens is 1. The maximum atomic E-state index is 14.1. The molecule has 1 fully saturated rings. The summed E-state index contributed by atoms with van der Waals surface area (Å²) in [5, 5.41) is 15.8. The van der Waals surface area contributed by atoms with E-state index in [4.69, 9.17) is 5.73 Å². The monoisotopic (exact) mass is 516 g/mol. The number of amides is 3. The van der Waals surface area contributed by atoms with Crippen LogP contribution in [-0.2, 0) is 27.3 Å². The van der Waals surface area contributed by atoms with Crippen molar-refractivity contribution in [3.8, 4) is 5.75 Å². The van der Waals surface area contributed by atoms with E-state index >= 15 is 0 Å². The van der Waals surface area contributed by atoms with Gasteiger partial charge in [0.25, 0.3) is 0 Å². The van der Waals surface area contributed by atoms with E-state index in [-0.39, 0.29) is 54.9 Å². The smallest absolute Gasteiger partial charge is 0.246 e. The van der Waals surface area contributed by atoms with Gasteiger partial charge in [0.2, 0.25) is 17.7 Å². The number of hydrogen-bond donors (Lipinski definition) is 4. The molecule has 5 N–H and O–H groups in total. The highest BCUT2D eigenvalue weighted by Gasteiger charge is 2.37. The molecular formula is C27H37ClN4O4. The van der Waals surface area contributed by atoms with Crippen molar-refractivity contribution in [1.82, 2.24) is 15.5 Å². The normalized spacial score (nSPS) is 17.3. The highest BCUT2D eigenvalue weighted by Crippen LogP contribution is 2.21. The molecule has 0 unspecified atom stereocenters. The third kappa shape index (κ3) is 7.70. The number of nitrogens with two attached hydrogens (primary N) is 1. The van der Waals surface area contributed by atoms with Gasteiger partial charge in [0.05, 0.1) is 6.04 Å². The largest absolute Gasteiger partial charge is 0.508 e. The minimum Gasteiger partial charge on any atom is -0.508 e. The van der Waals surface area contributed by atoms with Crippen molar-refractivity contribution in [3.05, 3.63) is 65.7 Å². The van der Waals surface area contributed by atoms with Crippen molar-refractivity contribution < 1.29 is 19.5 Å². The second kappa shape index (κ2) is 13.8. The summed E-state index contributed by atoms with van der Waals surface area (Å²) in [6.45, 7) is 4.80. The van der Waals surface area contributed by atoms with E-state index in [0.29, 0.717) is 12.8 Å². The van der Waals surface area contributed by atoms with Crippen LogP contribution in [0.15, 0.2) is 54.6 Å². The molecule has 0 saturated carbocycles. The van der Waals surface area contributed by atoms with Crippen LogP contribution in [0, 0.1) is 5.92 Å². The number of nitrogens with one attached hydrogen (secondary N) is 2. The Morgan fingerprint density at radius 1 is 1.11 bits per heavy atom. The summed E-state index contributed by atoms with van der Waals surface area (Å²) in [6.07, 6.45) is 2.48. The Hall–Kier alpha value is -3.10. The Morgan fingerprint density at radius 3 is 2.33 bits per heavy atom. The summed E-state index contributed by atoms with van der Waals surface area (Å²) < 4.78 is 0. The van der Waals surface area contributed by atoms with Crippen molar-refractivity contribution in [2.24, 2.45) is 11.7 Å². The fraction of sp³-hybridized carbons (Fsp3) is 0.444. The predicted molar refractivity (Wildman–Crippen MR) is 141 cm³/mol. The number of rotatable bonds is 11. The van der Waals surface area contributed by atoms with Gasteiger partial charge in [-0.3, -0.25) is 14.4 Å². The number of phenolic OH excluding ortho intramolecular Hbond substituents is 1. The first-order chi connectivity index (χ1) is 16.8. The van der Waals surface area contributed by atoms with E-state index in [1.54, 1.807) is 24.3 Å². The molecule has 2 aromatic rings. The first-order valence-corrected chi connectivity index (χ1v) is 12.3. The highest BCUT2D eigenvalue weighted by atomic mass is 35.5. The first kappa shape index (κ1) is 29.1. The lowest BCUT2D eigenvalue weighted by molar-refractivity contribution is -0.145. The SMILES string of the molecule is CC[C@H](C)[C@@H](C(N)=O)N(Cc1ccccc1)C(=O)[C@H](Cc1ccc(O)cc1)NC(=O)[C@@H]1CCCN1.Cl. The van der Waals surface area contributed by atoms with Gasteiger partial charge in [-0.25, -0.2) is 0 Å². The Labute approximate surface area is 219 Å². The molecule has 0 aliphatic carbocycles. The number of carbonyl (C=O) groups excluding carboxylic acids is 3. The topological polar surface area (TPSA) is 125 Å². The quantitative estimate of drug-likeness (QED) is 0.365. The predicted octanol–water partition coefficient (Wildman–Crippen LogP) is 2.52. The minimum atomic E-state index is -0.899. The minimum absolute atomic E-state index is 0. The average Bonchev–Trinajstić information content (AvgIpc) is 3.39. The Kier molecular flexibility index (Phi) is 11.2. The van der Waals surface area contributed by atoms with Crippen LogP contribution >= 0.6 is 12.4 Å². The van der Waals surface area contributed by atoms with Crippen molar-refractivity contribution in [2.75, 3.05) is 6.54 Å². The molecule has 0 bridgehead atoms. The number of primary amides is 1. The Balaban J connectivity index is 0.00000456. The van der Waals surface area contributed by atoms with E-state index in [1.165, 1.54) is 4.90 Å². The van der Waals surface area contributed by atoms with Crippen molar-refractivity contribution in [3.63, 3.8) is 0 Å². The van der Waals surface area contributed by atoms with Gasteiger partial charge in [-0.05, 0) is 48.6 Å². The molecule has 3 rings (SSSR count). The fourth-order valence-electron chi connectivity index (χ4n) is 4.51. The number of phenols is 1. The van der Waals surface area contributed by atoms with Gasteiger partial charge in [-0.15, -0.1) is 12.4 Å². The van der Waals surface area contributed by atoms with E-state index in [1.807, 2.05) is 44.2 Å². The number of nitrogens with zero attached hydrogens (tertiary/aromatic N) is 1. The molecule has 36 heavy (non-hydrogen) atoms. The molecule has 0 spiro atoms. The van der Waals surface area contributed by atoms with Crippen LogP contribution in [0.1, 0.15) is 44.2 Å². The van der Waals surface area contributed by atoms with Crippen LogP contribution in [0.5, 0.6) is 5.75 Å². The summed E-state index contributed by atoms with van der Waals surface area (Å²) in [7, 11) is 0. The van der Waals surface area contributed by atoms with Crippen molar-refractivity contribution in [2.45, 2.75) is 64.2 Å². The summed E-state index contributed by atoms with van der Waals surface area (Å²) in [5.74, 6) is -1.22. The molecule has 0 aromatic heterocycles. The molecule has 1 aliphatic heterocycles. The van der Waals surface area contributed by atoms with Gasteiger partial charge in [0, 0.05) is 13.0 Å². The maximum Gasteiger partial charge on any atom is 0.246 e. The van der Waals surface area contributed by atoms with Gasteiger partial charge < -0.3 is 26.4 Å². The van der Waals surface area contributed by atoms with E-state index < -0.39 is 18.0 Å². The van der Waals surface area contributed by atoms with Gasteiger partial charge in [0.1, 0.15) is 17.8 Å². The number of carbonyl (C=O) groups is 3. The van der Waals surface area contributed by atoms with Crippen molar-refractivity contribution in [1.29, 1.82) is 0 Å². The van der Waals surface area contributed by atoms with Crippen LogP contribution < -0.4 is 16.4 Å². The molecule has 1 aliphatic rings. The van der Waals surface area contributed by atoms with Crippen LogP contribution in [0.4, 0.5) is 0 Å². The van der Waals surface area contributed by atoms with Crippen LogP contribution in [0.25, 0.3) is 0 Å². The van der Waals surface area contributed by atoms with Gasteiger partial charge >= 0.3 is 0 Å². The first-order valence-electron chi connectivity index (χ1n) is 12.3. The molecule has 2 aromatic carbocycles. The Morgan fingerprint density at radius 2 is 1.78 bits per heavy atom. The molecule has 0 radical (unpaired) electrons. The molecule has 9 heteroatoms. The second-order valence-electron chi connectivity index (χ2n) is 9.27. The molecule has 196 valence electrons. The number of aromatic hydroxyl groups is 1. The summed E-state index contributed by atoms with van der Waals surface area (Å²) in [6, 6.07) is 13.9. The molecular weight excluding hydrogens is 480 g/mol. The molecule has 3 amide bonds. The standard InChI is InChI=1S/C27H36N4O4.ClH/c1-3-18(2)24(25(28)33)31(17-20-8-5-4-6-9-20)27(35)23(16-19-11-13-21(32)14-12-19)30-26(34)22-10-7-15-29-22;/h4-6,8-9,11-14,18,22-24,29,32H,3,7,10,15-17H2,1-2H3,(H2,28,33)(H,30,34);1H/t18-,22-,23-,24-;/m0./s1. The van der Waals surface area contributed by atoms with Crippen molar-refractivity contribution >= 4 is 30.1 Å².